The molecular formula is C8H11N3. The van der Waals surface area contributed by atoms with Gasteiger partial charge < -0.3 is 10.3 Å². The standard InChI is InChI=1S/C8H11N3/c1-2-3-4-11-7-10-6-8(11)5-9/h1,6-7H,3-5,9H2. The Morgan fingerprint density at radius 2 is 2.55 bits per heavy atom. The largest absolute Gasteiger partial charge is 0.332 e. The van der Waals surface area contributed by atoms with Crippen LogP contribution in [-0.4, -0.2) is 9.55 Å². The van der Waals surface area contributed by atoms with Crippen LogP contribution in [0.5, 0.6) is 0 Å². The van der Waals surface area contributed by atoms with Crippen molar-refractivity contribution in [3.05, 3.63) is 18.2 Å². The Balaban J connectivity index is 2.62. The molecule has 3 heteroatoms. The van der Waals surface area contributed by atoms with E-state index in [-0.39, 0.29) is 0 Å². The quantitative estimate of drug-likeness (QED) is 0.631. The summed E-state index contributed by atoms with van der Waals surface area (Å²) in [7, 11) is 0. The Kier molecular flexibility index (Phi) is 2.70. The molecule has 2 N–H and O–H groups in total. The maximum absolute atomic E-state index is 5.45. The lowest BCUT2D eigenvalue weighted by Crippen LogP contribution is -2.05. The summed E-state index contributed by atoms with van der Waals surface area (Å²) in [5.74, 6) is 2.57. The Bertz CT molecular complexity index is 257. The van der Waals surface area contributed by atoms with E-state index in [0.717, 1.165) is 18.7 Å². The van der Waals surface area contributed by atoms with Crippen molar-refractivity contribution < 1.29 is 0 Å². The lowest BCUT2D eigenvalue weighted by molar-refractivity contribution is 0.678. The highest BCUT2D eigenvalue weighted by atomic mass is 15.0. The smallest absolute Gasteiger partial charge is 0.0948 e. The second-order valence-corrected chi connectivity index (χ2v) is 2.24. The summed E-state index contributed by atoms with van der Waals surface area (Å²) in [5.41, 5.74) is 6.48. The number of hydrogen-bond donors (Lipinski definition) is 1. The zero-order valence-corrected chi connectivity index (χ0v) is 6.33. The molecule has 11 heavy (non-hydrogen) atoms. The molecule has 3 nitrogen and oxygen atoms in total. The molecule has 1 heterocycles. The molecule has 0 bridgehead atoms. The van der Waals surface area contributed by atoms with Gasteiger partial charge in [0.1, 0.15) is 0 Å². The van der Waals surface area contributed by atoms with Gasteiger partial charge in [-0.1, -0.05) is 0 Å². The first-order valence-electron chi connectivity index (χ1n) is 3.51. The molecule has 1 rings (SSSR count). The third-order valence-corrected chi connectivity index (χ3v) is 1.50. The molecular weight excluding hydrogens is 138 g/mol. The van der Waals surface area contributed by atoms with Crippen molar-refractivity contribution in [3.8, 4) is 12.3 Å². The summed E-state index contributed by atoms with van der Waals surface area (Å²) in [6.45, 7) is 1.33. The summed E-state index contributed by atoms with van der Waals surface area (Å²) < 4.78 is 1.97. The Labute approximate surface area is 66.2 Å². The average molecular weight is 149 g/mol. The SMILES string of the molecule is C#CCCn1cncc1CN. The molecule has 1 aromatic rings. The van der Waals surface area contributed by atoms with Gasteiger partial charge in [-0.25, -0.2) is 4.98 Å². The summed E-state index contributed by atoms with van der Waals surface area (Å²) in [4.78, 5) is 3.96. The lowest BCUT2D eigenvalue weighted by atomic mass is 10.4. The number of aryl methyl sites for hydroxylation is 1. The molecule has 0 atom stereocenters. The molecule has 0 aliphatic heterocycles. The van der Waals surface area contributed by atoms with Gasteiger partial charge in [0.2, 0.25) is 0 Å². The monoisotopic (exact) mass is 149 g/mol. The van der Waals surface area contributed by atoms with E-state index >= 15 is 0 Å². The molecule has 0 amide bonds. The van der Waals surface area contributed by atoms with E-state index in [4.69, 9.17) is 12.2 Å². The zero-order chi connectivity index (χ0) is 8.10. The van der Waals surface area contributed by atoms with Gasteiger partial charge in [0.25, 0.3) is 0 Å². The van der Waals surface area contributed by atoms with Crippen LogP contribution in [0.25, 0.3) is 0 Å². The molecule has 58 valence electrons. The number of rotatable bonds is 3. The first-order valence-corrected chi connectivity index (χ1v) is 3.51. The van der Waals surface area contributed by atoms with Crippen molar-refractivity contribution >= 4 is 0 Å². The first kappa shape index (κ1) is 7.83. The van der Waals surface area contributed by atoms with E-state index in [1.165, 1.54) is 0 Å². The van der Waals surface area contributed by atoms with Crippen molar-refractivity contribution in [2.75, 3.05) is 0 Å². The fraction of sp³-hybridized carbons (Fsp3) is 0.375. The summed E-state index contributed by atoms with van der Waals surface area (Å²) >= 11 is 0. The predicted molar refractivity (Wildman–Crippen MR) is 43.6 cm³/mol. The molecule has 0 aromatic carbocycles. The van der Waals surface area contributed by atoms with Gasteiger partial charge in [-0.15, -0.1) is 12.3 Å². The van der Waals surface area contributed by atoms with Gasteiger partial charge in [-0.05, 0) is 0 Å². The minimum absolute atomic E-state index is 0.518. The Morgan fingerprint density at radius 1 is 1.73 bits per heavy atom. The summed E-state index contributed by atoms with van der Waals surface area (Å²) in [6.07, 6.45) is 9.36. The van der Waals surface area contributed by atoms with Gasteiger partial charge in [0.05, 0.1) is 12.0 Å². The third-order valence-electron chi connectivity index (χ3n) is 1.50. The number of nitrogens with two attached hydrogens (primary N) is 1. The highest BCUT2D eigenvalue weighted by Gasteiger charge is 1.96. The average Bonchev–Trinajstić information content (AvgIpc) is 2.47. The Hall–Kier alpha value is -1.27. The number of hydrogen-bond acceptors (Lipinski definition) is 2. The molecule has 0 unspecified atom stereocenters. The van der Waals surface area contributed by atoms with Gasteiger partial charge in [0.15, 0.2) is 0 Å². The molecule has 0 spiro atoms. The molecule has 0 aliphatic rings. The van der Waals surface area contributed by atoms with Crippen LogP contribution in [0.2, 0.25) is 0 Å². The van der Waals surface area contributed by atoms with E-state index in [0.29, 0.717) is 6.54 Å². The van der Waals surface area contributed by atoms with Gasteiger partial charge in [-0.3, -0.25) is 0 Å². The van der Waals surface area contributed by atoms with Crippen LogP contribution in [0.15, 0.2) is 12.5 Å². The fourth-order valence-corrected chi connectivity index (χ4v) is 0.904. The highest BCUT2D eigenvalue weighted by molar-refractivity contribution is 4.98. The third kappa shape index (κ3) is 1.82. The van der Waals surface area contributed by atoms with E-state index in [1.54, 1.807) is 12.5 Å². The summed E-state index contributed by atoms with van der Waals surface area (Å²) in [5, 5.41) is 0. The zero-order valence-electron chi connectivity index (χ0n) is 6.33. The molecule has 0 aliphatic carbocycles. The van der Waals surface area contributed by atoms with E-state index in [9.17, 15) is 0 Å². The molecule has 0 fully saturated rings. The van der Waals surface area contributed by atoms with Crippen LogP contribution in [0.3, 0.4) is 0 Å². The summed E-state index contributed by atoms with van der Waals surface area (Å²) in [6, 6.07) is 0. The van der Waals surface area contributed by atoms with Crippen molar-refractivity contribution in [1.29, 1.82) is 0 Å². The number of imidazole rings is 1. The highest BCUT2D eigenvalue weighted by Crippen LogP contribution is 1.98. The molecule has 0 saturated heterocycles. The van der Waals surface area contributed by atoms with E-state index in [2.05, 4.69) is 10.9 Å². The molecule has 0 radical (unpaired) electrons. The van der Waals surface area contributed by atoms with Crippen molar-refractivity contribution in [2.24, 2.45) is 5.73 Å². The fourth-order valence-electron chi connectivity index (χ4n) is 0.904. The van der Waals surface area contributed by atoms with Gasteiger partial charge in [0, 0.05) is 25.7 Å². The second kappa shape index (κ2) is 3.79. The lowest BCUT2D eigenvalue weighted by Gasteiger charge is -2.01. The molecule has 1 aromatic heterocycles. The minimum atomic E-state index is 0.518. The molecule has 0 saturated carbocycles. The van der Waals surface area contributed by atoms with Crippen LogP contribution in [0.4, 0.5) is 0 Å². The minimum Gasteiger partial charge on any atom is -0.332 e. The van der Waals surface area contributed by atoms with Crippen molar-refractivity contribution in [1.82, 2.24) is 9.55 Å². The van der Waals surface area contributed by atoms with Crippen LogP contribution >= 0.6 is 0 Å². The van der Waals surface area contributed by atoms with Gasteiger partial charge in [-0.2, -0.15) is 0 Å². The first-order chi connectivity index (χ1) is 5.38. The van der Waals surface area contributed by atoms with Gasteiger partial charge >= 0.3 is 0 Å². The van der Waals surface area contributed by atoms with Crippen LogP contribution in [0, 0.1) is 12.3 Å². The van der Waals surface area contributed by atoms with Crippen molar-refractivity contribution in [3.63, 3.8) is 0 Å². The number of nitrogens with zero attached hydrogens (tertiary/aromatic N) is 2. The van der Waals surface area contributed by atoms with E-state index in [1.807, 2.05) is 4.57 Å². The van der Waals surface area contributed by atoms with Crippen LogP contribution < -0.4 is 5.73 Å². The Morgan fingerprint density at radius 3 is 3.18 bits per heavy atom. The predicted octanol–water partition coefficient (Wildman–Crippen LogP) is 0.365. The number of aromatic nitrogens is 2. The maximum Gasteiger partial charge on any atom is 0.0948 e. The maximum atomic E-state index is 5.45. The van der Waals surface area contributed by atoms with Crippen molar-refractivity contribution in [2.45, 2.75) is 19.5 Å². The van der Waals surface area contributed by atoms with Crippen LogP contribution in [0.1, 0.15) is 12.1 Å². The topological polar surface area (TPSA) is 43.8 Å². The normalized spacial score (nSPS) is 9.45. The van der Waals surface area contributed by atoms with Crippen LogP contribution in [-0.2, 0) is 13.1 Å². The second-order valence-electron chi connectivity index (χ2n) is 2.24. The van der Waals surface area contributed by atoms with E-state index < -0.39 is 0 Å². The number of terminal acetylenes is 1.